The SMILES string of the molecule is CN(C)CCCCN1NC(Nc2cnccc2C(=O)O)c2cc(F)ccc21. The molecule has 3 N–H and O–H groups in total. The number of nitrogens with zero attached hydrogens (tertiary/aromatic N) is 3. The van der Waals surface area contributed by atoms with Gasteiger partial charge in [-0.05, 0) is 57.7 Å². The van der Waals surface area contributed by atoms with Crippen LogP contribution in [0.4, 0.5) is 15.8 Å². The second-order valence-electron chi connectivity index (χ2n) is 6.80. The number of aromatic nitrogens is 1. The van der Waals surface area contributed by atoms with Gasteiger partial charge in [-0.3, -0.25) is 4.98 Å². The van der Waals surface area contributed by atoms with Crippen LogP contribution in [-0.2, 0) is 0 Å². The number of aromatic carboxylic acids is 1. The summed E-state index contributed by atoms with van der Waals surface area (Å²) in [5, 5.41) is 14.5. The topological polar surface area (TPSA) is 80.7 Å². The maximum Gasteiger partial charge on any atom is 0.337 e. The zero-order valence-corrected chi connectivity index (χ0v) is 15.4. The summed E-state index contributed by atoms with van der Waals surface area (Å²) >= 11 is 0. The van der Waals surface area contributed by atoms with Gasteiger partial charge in [-0.2, -0.15) is 0 Å². The lowest BCUT2D eigenvalue weighted by atomic mass is 10.1. The first-order chi connectivity index (χ1) is 13.0. The number of carbonyl (C=O) groups is 1. The van der Waals surface area contributed by atoms with E-state index in [2.05, 4.69) is 20.6 Å². The highest BCUT2D eigenvalue weighted by atomic mass is 19.1. The molecular formula is C19H24FN5O2. The molecule has 3 rings (SSSR count). The first-order valence-corrected chi connectivity index (χ1v) is 8.87. The van der Waals surface area contributed by atoms with Crippen molar-refractivity contribution >= 4 is 17.3 Å². The number of halogens is 1. The van der Waals surface area contributed by atoms with Crippen LogP contribution >= 0.6 is 0 Å². The van der Waals surface area contributed by atoms with E-state index >= 15 is 0 Å². The molecule has 1 unspecified atom stereocenters. The van der Waals surface area contributed by atoms with Gasteiger partial charge in [0.1, 0.15) is 12.0 Å². The second-order valence-corrected chi connectivity index (χ2v) is 6.80. The van der Waals surface area contributed by atoms with Crippen LogP contribution in [0.15, 0.2) is 36.7 Å². The number of pyridine rings is 1. The van der Waals surface area contributed by atoms with E-state index in [1.54, 1.807) is 6.07 Å². The van der Waals surface area contributed by atoms with Gasteiger partial charge in [-0.15, -0.1) is 0 Å². The van der Waals surface area contributed by atoms with Gasteiger partial charge < -0.3 is 20.3 Å². The van der Waals surface area contributed by atoms with Crippen LogP contribution in [0.3, 0.4) is 0 Å². The number of benzene rings is 1. The molecule has 2 aromatic rings. The Labute approximate surface area is 157 Å². The molecule has 1 aromatic heterocycles. The van der Waals surface area contributed by atoms with Crippen LogP contribution in [0.5, 0.6) is 0 Å². The Morgan fingerprint density at radius 2 is 2.19 bits per heavy atom. The van der Waals surface area contributed by atoms with Gasteiger partial charge in [0, 0.05) is 18.3 Å². The van der Waals surface area contributed by atoms with Crippen LogP contribution in [0.25, 0.3) is 0 Å². The second kappa shape index (κ2) is 8.32. The smallest absolute Gasteiger partial charge is 0.337 e. The molecule has 1 aromatic carbocycles. The van der Waals surface area contributed by atoms with Crippen molar-refractivity contribution in [3.63, 3.8) is 0 Å². The lowest BCUT2D eigenvalue weighted by molar-refractivity contribution is 0.0697. The molecule has 1 aliphatic rings. The summed E-state index contributed by atoms with van der Waals surface area (Å²) < 4.78 is 13.8. The van der Waals surface area contributed by atoms with Gasteiger partial charge in [-0.25, -0.2) is 14.6 Å². The van der Waals surface area contributed by atoms with Crippen molar-refractivity contribution in [3.05, 3.63) is 53.6 Å². The minimum absolute atomic E-state index is 0.120. The molecule has 0 amide bonds. The summed E-state index contributed by atoms with van der Waals surface area (Å²) in [7, 11) is 4.08. The standard InChI is InChI=1S/C19H24FN5O2/c1-24(2)9-3-4-10-25-17-6-5-13(20)11-15(17)18(23-25)22-16-12-21-8-7-14(16)19(26)27/h5-8,11-12,18,22-23H,3-4,9-10H2,1-2H3,(H,26,27). The summed E-state index contributed by atoms with van der Waals surface area (Å²) in [5.41, 5.74) is 5.44. The minimum atomic E-state index is -1.04. The van der Waals surface area contributed by atoms with Gasteiger partial charge >= 0.3 is 5.97 Å². The lowest BCUT2D eigenvalue weighted by Crippen LogP contribution is -2.38. The fourth-order valence-corrected chi connectivity index (χ4v) is 3.14. The highest BCUT2D eigenvalue weighted by Crippen LogP contribution is 2.34. The fraction of sp³-hybridized carbons (Fsp3) is 0.368. The predicted molar refractivity (Wildman–Crippen MR) is 102 cm³/mol. The summed E-state index contributed by atoms with van der Waals surface area (Å²) in [6, 6.07) is 6.08. The number of rotatable bonds is 8. The third-order valence-corrected chi connectivity index (χ3v) is 4.46. The van der Waals surface area contributed by atoms with Crippen LogP contribution in [-0.4, -0.2) is 48.1 Å². The van der Waals surface area contributed by atoms with E-state index < -0.39 is 12.1 Å². The maximum atomic E-state index is 13.8. The average molecular weight is 373 g/mol. The Hall–Kier alpha value is -2.71. The molecule has 7 nitrogen and oxygen atoms in total. The molecule has 0 radical (unpaired) electrons. The van der Waals surface area contributed by atoms with E-state index in [4.69, 9.17) is 0 Å². The van der Waals surface area contributed by atoms with E-state index in [0.29, 0.717) is 5.69 Å². The van der Waals surface area contributed by atoms with E-state index in [0.717, 1.165) is 37.2 Å². The number of carboxylic acids is 1. The Balaban J connectivity index is 1.77. The van der Waals surface area contributed by atoms with Crippen molar-refractivity contribution < 1.29 is 14.3 Å². The molecule has 144 valence electrons. The number of anilines is 2. The van der Waals surface area contributed by atoms with Crippen LogP contribution in [0.2, 0.25) is 0 Å². The Bertz CT molecular complexity index is 814. The van der Waals surface area contributed by atoms with Gasteiger partial charge in [0.05, 0.1) is 23.1 Å². The molecule has 1 aliphatic heterocycles. The molecule has 1 atom stereocenters. The quantitative estimate of drug-likeness (QED) is 0.614. The number of hydrazine groups is 1. The molecule has 0 saturated heterocycles. The number of fused-ring (bicyclic) bond motifs is 1. The summed E-state index contributed by atoms with van der Waals surface area (Å²) in [4.78, 5) is 17.6. The Morgan fingerprint density at radius 3 is 2.93 bits per heavy atom. The van der Waals surface area contributed by atoms with Crippen molar-refractivity contribution in [2.75, 3.05) is 37.5 Å². The highest BCUT2D eigenvalue weighted by molar-refractivity contribution is 5.94. The molecule has 0 bridgehead atoms. The third kappa shape index (κ3) is 4.53. The predicted octanol–water partition coefficient (Wildman–Crippen LogP) is 2.70. The van der Waals surface area contributed by atoms with E-state index in [-0.39, 0.29) is 11.4 Å². The van der Waals surface area contributed by atoms with E-state index in [9.17, 15) is 14.3 Å². The Kier molecular flexibility index (Phi) is 5.88. The number of carboxylic acid groups (broad SMARTS) is 1. The van der Waals surface area contributed by atoms with Crippen molar-refractivity contribution in [3.8, 4) is 0 Å². The average Bonchev–Trinajstić information content (AvgIpc) is 2.95. The number of unbranched alkanes of at least 4 members (excludes halogenated alkanes) is 1. The van der Waals surface area contributed by atoms with Crippen molar-refractivity contribution in [1.82, 2.24) is 15.3 Å². The van der Waals surface area contributed by atoms with Gasteiger partial charge in [-0.1, -0.05) is 0 Å². The summed E-state index contributed by atoms with van der Waals surface area (Å²) in [6.45, 7) is 1.77. The molecule has 27 heavy (non-hydrogen) atoms. The van der Waals surface area contributed by atoms with Crippen molar-refractivity contribution in [1.29, 1.82) is 0 Å². The highest BCUT2D eigenvalue weighted by Gasteiger charge is 2.29. The molecule has 2 heterocycles. The summed E-state index contributed by atoms with van der Waals surface area (Å²) in [5.74, 6) is -1.38. The number of hydrogen-bond donors (Lipinski definition) is 3. The lowest BCUT2D eigenvalue weighted by Gasteiger charge is -2.22. The zero-order chi connectivity index (χ0) is 19.4. The van der Waals surface area contributed by atoms with Gasteiger partial charge in [0.15, 0.2) is 0 Å². The number of nitrogens with one attached hydrogen (secondary N) is 2. The van der Waals surface area contributed by atoms with Gasteiger partial charge in [0.2, 0.25) is 0 Å². The zero-order valence-electron chi connectivity index (χ0n) is 15.4. The largest absolute Gasteiger partial charge is 0.478 e. The molecule has 8 heteroatoms. The first-order valence-electron chi connectivity index (χ1n) is 8.87. The first kappa shape index (κ1) is 19.1. The van der Waals surface area contributed by atoms with E-state index in [1.807, 2.05) is 19.1 Å². The van der Waals surface area contributed by atoms with Gasteiger partial charge in [0.25, 0.3) is 0 Å². The maximum absolute atomic E-state index is 13.8. The Morgan fingerprint density at radius 1 is 1.37 bits per heavy atom. The van der Waals surface area contributed by atoms with Crippen LogP contribution in [0.1, 0.15) is 34.9 Å². The van der Waals surface area contributed by atoms with Crippen LogP contribution in [0, 0.1) is 5.82 Å². The molecular weight excluding hydrogens is 349 g/mol. The summed E-state index contributed by atoms with van der Waals surface area (Å²) in [6.07, 6.45) is 4.48. The third-order valence-electron chi connectivity index (χ3n) is 4.46. The molecule has 0 aliphatic carbocycles. The normalized spacial score (nSPS) is 15.9. The number of hydrogen-bond acceptors (Lipinski definition) is 6. The molecule has 0 fully saturated rings. The van der Waals surface area contributed by atoms with Crippen molar-refractivity contribution in [2.45, 2.75) is 19.0 Å². The van der Waals surface area contributed by atoms with Crippen LogP contribution < -0.4 is 15.8 Å². The molecule has 0 spiro atoms. The monoisotopic (exact) mass is 373 g/mol. The van der Waals surface area contributed by atoms with E-state index in [1.165, 1.54) is 30.6 Å². The van der Waals surface area contributed by atoms with Crippen molar-refractivity contribution in [2.24, 2.45) is 0 Å². The fourth-order valence-electron chi connectivity index (χ4n) is 3.14. The molecule has 0 saturated carbocycles. The minimum Gasteiger partial charge on any atom is -0.478 e.